The zero-order valence-electron chi connectivity index (χ0n) is 9.90. The predicted octanol–water partition coefficient (Wildman–Crippen LogP) is 4.56. The number of nitrogens with zero attached hydrogens (tertiary/aromatic N) is 1. The molecule has 2 aromatic carbocycles. The number of benzene rings is 2. The maximum atomic E-state index is 9.34. The van der Waals surface area contributed by atoms with E-state index in [1.807, 2.05) is 48.5 Å². The van der Waals surface area contributed by atoms with Crippen LogP contribution in [0.4, 0.5) is 0 Å². The summed E-state index contributed by atoms with van der Waals surface area (Å²) < 4.78 is 1.80. The summed E-state index contributed by atoms with van der Waals surface area (Å²) in [5.41, 5.74) is 8.71. The van der Waals surface area contributed by atoms with Crippen molar-refractivity contribution < 1.29 is 0 Å². The van der Waals surface area contributed by atoms with Crippen molar-refractivity contribution in [2.75, 3.05) is 0 Å². The van der Waals surface area contributed by atoms with Gasteiger partial charge in [0.1, 0.15) is 6.07 Å². The number of nitriles is 1. The number of hydrogen-bond donors (Lipinski definition) is 1. The minimum atomic E-state index is 0.466. The summed E-state index contributed by atoms with van der Waals surface area (Å²) >= 11 is 6.86. The second-order valence-electron chi connectivity index (χ2n) is 3.89. The second-order valence-corrected chi connectivity index (χ2v) is 5.66. The van der Waals surface area contributed by atoms with Crippen molar-refractivity contribution in [3.63, 3.8) is 0 Å². The monoisotopic (exact) mass is 376 g/mol. The van der Waals surface area contributed by atoms with Gasteiger partial charge in [0.05, 0.1) is 11.3 Å². The lowest BCUT2D eigenvalue weighted by molar-refractivity contribution is 1.45. The Balaban J connectivity index is 2.59. The van der Waals surface area contributed by atoms with Gasteiger partial charge in [-0.15, -0.1) is 0 Å². The van der Waals surface area contributed by atoms with E-state index in [1.54, 1.807) is 0 Å². The van der Waals surface area contributed by atoms with Gasteiger partial charge in [0.15, 0.2) is 0 Å². The average molecular weight is 378 g/mol. The molecule has 2 aromatic rings. The standard InChI is InChI=1S/C15H10Br2N2/c16-11-6-7-12(14(17)8-11)15(19)13(9-18)10-4-2-1-3-5-10/h1-8H,19H2/b15-13-. The van der Waals surface area contributed by atoms with Gasteiger partial charge in [0.25, 0.3) is 0 Å². The van der Waals surface area contributed by atoms with E-state index in [2.05, 4.69) is 37.9 Å². The third-order valence-corrected chi connectivity index (χ3v) is 3.81. The highest BCUT2D eigenvalue weighted by Crippen LogP contribution is 2.29. The third-order valence-electron chi connectivity index (χ3n) is 2.66. The second kappa shape index (κ2) is 6.05. The number of halogens is 2. The fourth-order valence-electron chi connectivity index (χ4n) is 1.73. The van der Waals surface area contributed by atoms with Crippen LogP contribution in [0.1, 0.15) is 11.1 Å². The summed E-state index contributed by atoms with van der Waals surface area (Å²) in [5.74, 6) is 0. The third kappa shape index (κ3) is 3.06. The molecule has 0 aliphatic heterocycles. The molecule has 0 unspecified atom stereocenters. The smallest absolute Gasteiger partial charge is 0.102 e. The van der Waals surface area contributed by atoms with Crippen molar-refractivity contribution in [2.24, 2.45) is 5.73 Å². The van der Waals surface area contributed by atoms with Crippen molar-refractivity contribution in [1.29, 1.82) is 5.26 Å². The van der Waals surface area contributed by atoms with Gasteiger partial charge in [-0.05, 0) is 17.7 Å². The van der Waals surface area contributed by atoms with Crippen molar-refractivity contribution in [3.8, 4) is 6.07 Å². The lowest BCUT2D eigenvalue weighted by atomic mass is 10.0. The summed E-state index contributed by atoms with van der Waals surface area (Å²) in [5, 5.41) is 9.34. The molecule has 0 atom stereocenters. The Morgan fingerprint density at radius 1 is 1.05 bits per heavy atom. The van der Waals surface area contributed by atoms with E-state index in [-0.39, 0.29) is 0 Å². The Kier molecular flexibility index (Phi) is 4.41. The van der Waals surface area contributed by atoms with Crippen LogP contribution in [0.15, 0.2) is 57.5 Å². The first kappa shape index (κ1) is 13.9. The molecular formula is C15H10Br2N2. The van der Waals surface area contributed by atoms with Crippen molar-refractivity contribution in [3.05, 3.63) is 68.6 Å². The van der Waals surface area contributed by atoms with Crippen LogP contribution in [0.25, 0.3) is 11.3 Å². The fourth-order valence-corrected chi connectivity index (χ4v) is 2.99. The Morgan fingerprint density at radius 2 is 1.74 bits per heavy atom. The number of nitrogens with two attached hydrogens (primary N) is 1. The molecule has 19 heavy (non-hydrogen) atoms. The molecule has 0 aromatic heterocycles. The Bertz CT molecular complexity index is 670. The van der Waals surface area contributed by atoms with Crippen LogP contribution in [0.2, 0.25) is 0 Å². The molecule has 2 N–H and O–H groups in total. The van der Waals surface area contributed by atoms with Gasteiger partial charge >= 0.3 is 0 Å². The molecule has 0 bridgehead atoms. The van der Waals surface area contributed by atoms with Gasteiger partial charge < -0.3 is 5.73 Å². The minimum absolute atomic E-state index is 0.466. The maximum absolute atomic E-state index is 9.34. The van der Waals surface area contributed by atoms with Gasteiger partial charge in [-0.1, -0.05) is 68.3 Å². The predicted molar refractivity (Wildman–Crippen MR) is 84.9 cm³/mol. The molecule has 0 spiro atoms. The van der Waals surface area contributed by atoms with E-state index >= 15 is 0 Å². The highest BCUT2D eigenvalue weighted by Gasteiger charge is 2.11. The SMILES string of the molecule is N#C/C(=C(/N)c1ccc(Br)cc1Br)c1ccccc1. The minimum Gasteiger partial charge on any atom is -0.397 e. The van der Waals surface area contributed by atoms with Crippen LogP contribution in [0, 0.1) is 11.3 Å². The molecule has 0 saturated carbocycles. The topological polar surface area (TPSA) is 49.8 Å². The quantitative estimate of drug-likeness (QED) is 0.615. The lowest BCUT2D eigenvalue weighted by Crippen LogP contribution is -2.01. The van der Waals surface area contributed by atoms with Crippen LogP contribution < -0.4 is 5.73 Å². The van der Waals surface area contributed by atoms with E-state index in [4.69, 9.17) is 5.73 Å². The van der Waals surface area contributed by atoms with Gasteiger partial charge in [-0.2, -0.15) is 5.26 Å². The van der Waals surface area contributed by atoms with E-state index in [1.165, 1.54) is 0 Å². The van der Waals surface area contributed by atoms with Gasteiger partial charge in [0.2, 0.25) is 0 Å². The van der Waals surface area contributed by atoms with E-state index < -0.39 is 0 Å². The first-order chi connectivity index (χ1) is 9.13. The normalized spacial score (nSPS) is 11.6. The number of rotatable bonds is 2. The molecule has 0 radical (unpaired) electrons. The summed E-state index contributed by atoms with van der Waals surface area (Å²) in [6.45, 7) is 0. The van der Waals surface area contributed by atoms with Crippen LogP contribution in [-0.4, -0.2) is 0 Å². The van der Waals surface area contributed by atoms with Crippen molar-refractivity contribution in [2.45, 2.75) is 0 Å². The average Bonchev–Trinajstić information content (AvgIpc) is 2.40. The molecule has 2 nitrogen and oxygen atoms in total. The Morgan fingerprint density at radius 3 is 2.32 bits per heavy atom. The molecule has 4 heteroatoms. The Labute approximate surface area is 128 Å². The van der Waals surface area contributed by atoms with Crippen molar-refractivity contribution in [1.82, 2.24) is 0 Å². The van der Waals surface area contributed by atoms with Crippen LogP contribution in [-0.2, 0) is 0 Å². The first-order valence-electron chi connectivity index (χ1n) is 5.54. The van der Waals surface area contributed by atoms with E-state index in [0.717, 1.165) is 20.1 Å². The lowest BCUT2D eigenvalue weighted by Gasteiger charge is -2.08. The molecular weight excluding hydrogens is 368 g/mol. The number of allylic oxidation sites excluding steroid dienone is 1. The molecule has 2 rings (SSSR count). The molecule has 0 aliphatic rings. The highest BCUT2D eigenvalue weighted by atomic mass is 79.9. The van der Waals surface area contributed by atoms with Crippen LogP contribution in [0.3, 0.4) is 0 Å². The summed E-state index contributed by atoms with van der Waals surface area (Å²) in [7, 11) is 0. The zero-order valence-corrected chi connectivity index (χ0v) is 13.1. The molecule has 0 fully saturated rings. The summed E-state index contributed by atoms with van der Waals surface area (Å²) in [4.78, 5) is 0. The Hall–Kier alpha value is -1.57. The molecule has 0 heterocycles. The molecule has 0 aliphatic carbocycles. The largest absolute Gasteiger partial charge is 0.397 e. The van der Waals surface area contributed by atoms with Gasteiger partial charge in [0, 0.05) is 14.5 Å². The maximum Gasteiger partial charge on any atom is 0.102 e. The van der Waals surface area contributed by atoms with Crippen LogP contribution in [0.5, 0.6) is 0 Å². The molecule has 0 saturated heterocycles. The molecule has 0 amide bonds. The number of hydrogen-bond acceptors (Lipinski definition) is 2. The van der Waals surface area contributed by atoms with Crippen LogP contribution >= 0.6 is 31.9 Å². The first-order valence-corrected chi connectivity index (χ1v) is 7.12. The summed E-state index contributed by atoms with van der Waals surface area (Å²) in [6, 6.07) is 17.3. The molecule has 94 valence electrons. The summed E-state index contributed by atoms with van der Waals surface area (Å²) in [6.07, 6.45) is 0. The van der Waals surface area contributed by atoms with Gasteiger partial charge in [-0.3, -0.25) is 0 Å². The highest BCUT2D eigenvalue weighted by molar-refractivity contribution is 9.11. The zero-order chi connectivity index (χ0) is 13.8. The van der Waals surface area contributed by atoms with E-state index in [0.29, 0.717) is 11.3 Å². The fraction of sp³-hybridized carbons (Fsp3) is 0. The van der Waals surface area contributed by atoms with E-state index in [9.17, 15) is 5.26 Å². The van der Waals surface area contributed by atoms with Gasteiger partial charge in [-0.25, -0.2) is 0 Å². The van der Waals surface area contributed by atoms with Crippen molar-refractivity contribution >= 4 is 43.1 Å².